The lowest BCUT2D eigenvalue weighted by molar-refractivity contribution is -0.00674. The molecule has 5 nitrogen and oxygen atoms in total. The van der Waals surface area contributed by atoms with Crippen molar-refractivity contribution in [2.75, 3.05) is 27.3 Å². The van der Waals surface area contributed by atoms with Crippen molar-refractivity contribution in [2.45, 2.75) is 25.6 Å². The van der Waals surface area contributed by atoms with Crippen molar-refractivity contribution in [1.29, 1.82) is 0 Å². The van der Waals surface area contributed by atoms with Gasteiger partial charge < -0.3 is 19.1 Å². The summed E-state index contributed by atoms with van der Waals surface area (Å²) in [6.07, 6.45) is 1.96. The van der Waals surface area contributed by atoms with Crippen LogP contribution in [0.1, 0.15) is 28.8 Å². The Morgan fingerprint density at radius 3 is 2.42 bits per heavy atom. The zero-order valence-corrected chi connectivity index (χ0v) is 15.3. The van der Waals surface area contributed by atoms with Crippen LogP contribution < -0.4 is 9.47 Å². The Morgan fingerprint density at radius 2 is 1.77 bits per heavy atom. The Hall–Kier alpha value is -2.53. The van der Waals surface area contributed by atoms with E-state index in [1.165, 1.54) is 0 Å². The molecule has 0 radical (unpaired) electrons. The third kappa shape index (κ3) is 4.55. The second kappa shape index (κ2) is 8.72. The Bertz CT molecular complexity index is 710. The number of carbonyl (C=O) groups is 1. The summed E-state index contributed by atoms with van der Waals surface area (Å²) in [6, 6.07) is 15.4. The van der Waals surface area contributed by atoms with Gasteiger partial charge in [0.15, 0.2) is 0 Å². The molecule has 138 valence electrons. The second-order valence-corrected chi connectivity index (χ2v) is 6.41. The number of hydrogen-bond acceptors (Lipinski definition) is 4. The number of ether oxygens (including phenoxy) is 3. The molecule has 1 aliphatic rings. The minimum atomic E-state index is -0.0183. The second-order valence-electron chi connectivity index (χ2n) is 6.41. The van der Waals surface area contributed by atoms with E-state index >= 15 is 0 Å². The molecule has 0 bridgehead atoms. The van der Waals surface area contributed by atoms with Crippen molar-refractivity contribution in [3.05, 3.63) is 59.7 Å². The minimum Gasteiger partial charge on any atom is -0.497 e. The number of carbonyl (C=O) groups excluding carboxylic acids is 1. The molecule has 1 unspecified atom stereocenters. The Balaban J connectivity index is 1.64. The van der Waals surface area contributed by atoms with Crippen LogP contribution in [-0.4, -0.2) is 44.2 Å². The van der Waals surface area contributed by atoms with Crippen molar-refractivity contribution in [3.63, 3.8) is 0 Å². The highest BCUT2D eigenvalue weighted by Gasteiger charge is 2.25. The van der Waals surface area contributed by atoms with E-state index in [0.29, 0.717) is 30.2 Å². The van der Waals surface area contributed by atoms with Gasteiger partial charge in [-0.1, -0.05) is 30.3 Å². The lowest BCUT2D eigenvalue weighted by atomic mass is 10.1. The number of likely N-dealkylation sites (tertiary alicyclic amines) is 1. The third-order valence-electron chi connectivity index (χ3n) is 4.59. The number of methoxy groups -OCH3 is 2. The van der Waals surface area contributed by atoms with Crippen molar-refractivity contribution >= 4 is 5.91 Å². The molecule has 0 N–H and O–H groups in total. The molecule has 2 aromatic carbocycles. The van der Waals surface area contributed by atoms with Gasteiger partial charge in [0.05, 0.1) is 26.9 Å². The number of nitrogens with zero attached hydrogens (tertiary/aromatic N) is 1. The summed E-state index contributed by atoms with van der Waals surface area (Å²) in [5.41, 5.74) is 1.72. The monoisotopic (exact) mass is 355 g/mol. The van der Waals surface area contributed by atoms with Crippen molar-refractivity contribution < 1.29 is 19.0 Å². The van der Waals surface area contributed by atoms with Gasteiger partial charge in [-0.05, 0) is 30.5 Å². The molecule has 0 aliphatic carbocycles. The fourth-order valence-electron chi connectivity index (χ4n) is 3.16. The minimum absolute atomic E-state index is 0.0183. The summed E-state index contributed by atoms with van der Waals surface area (Å²) in [6.45, 7) is 1.91. The maximum atomic E-state index is 12.9. The first-order valence-electron chi connectivity index (χ1n) is 8.87. The number of hydrogen-bond donors (Lipinski definition) is 0. The molecule has 0 spiro atoms. The van der Waals surface area contributed by atoms with Crippen LogP contribution in [0, 0.1) is 0 Å². The summed E-state index contributed by atoms with van der Waals surface area (Å²) in [5.74, 6) is 1.21. The number of piperidine rings is 1. The van der Waals surface area contributed by atoms with Crippen LogP contribution in [0.15, 0.2) is 48.5 Å². The van der Waals surface area contributed by atoms with E-state index in [-0.39, 0.29) is 12.0 Å². The maximum absolute atomic E-state index is 12.9. The van der Waals surface area contributed by atoms with Crippen LogP contribution in [0.4, 0.5) is 0 Å². The lowest BCUT2D eigenvalue weighted by Crippen LogP contribution is -2.43. The van der Waals surface area contributed by atoms with E-state index < -0.39 is 0 Å². The molecule has 1 aliphatic heterocycles. The van der Waals surface area contributed by atoms with Gasteiger partial charge in [0.25, 0.3) is 5.91 Å². The van der Waals surface area contributed by atoms with E-state index in [4.69, 9.17) is 14.2 Å². The lowest BCUT2D eigenvalue weighted by Gasteiger charge is -2.33. The first kappa shape index (κ1) is 18.3. The molecule has 2 aromatic rings. The summed E-state index contributed by atoms with van der Waals surface area (Å²) < 4.78 is 16.6. The van der Waals surface area contributed by atoms with Gasteiger partial charge in [0.2, 0.25) is 0 Å². The average molecular weight is 355 g/mol. The molecule has 1 fully saturated rings. The van der Waals surface area contributed by atoms with E-state index in [1.807, 2.05) is 35.2 Å². The van der Waals surface area contributed by atoms with Crippen molar-refractivity contribution in [3.8, 4) is 11.5 Å². The van der Waals surface area contributed by atoms with E-state index in [1.54, 1.807) is 32.4 Å². The SMILES string of the molecule is COc1cc(OC)cc(C(=O)N2CCCC(OCc3ccccc3)C2)c1. The fourth-order valence-corrected chi connectivity index (χ4v) is 3.16. The van der Waals surface area contributed by atoms with Gasteiger partial charge in [-0.2, -0.15) is 0 Å². The van der Waals surface area contributed by atoms with Crippen LogP contribution in [0.3, 0.4) is 0 Å². The fraction of sp³-hybridized carbons (Fsp3) is 0.381. The molecular formula is C21H25NO4. The van der Waals surface area contributed by atoms with Gasteiger partial charge >= 0.3 is 0 Å². The van der Waals surface area contributed by atoms with Crippen molar-refractivity contribution in [2.24, 2.45) is 0 Å². The predicted octanol–water partition coefficient (Wildman–Crippen LogP) is 3.53. The van der Waals surface area contributed by atoms with Crippen LogP contribution in [0.5, 0.6) is 11.5 Å². The predicted molar refractivity (Wildman–Crippen MR) is 99.7 cm³/mol. The third-order valence-corrected chi connectivity index (χ3v) is 4.59. The molecule has 3 rings (SSSR count). The number of rotatable bonds is 6. The summed E-state index contributed by atoms with van der Waals surface area (Å²) >= 11 is 0. The summed E-state index contributed by atoms with van der Waals surface area (Å²) in [5, 5.41) is 0. The maximum Gasteiger partial charge on any atom is 0.254 e. The Labute approximate surface area is 154 Å². The zero-order valence-electron chi connectivity index (χ0n) is 15.3. The normalized spacial score (nSPS) is 17.0. The molecule has 5 heteroatoms. The smallest absolute Gasteiger partial charge is 0.254 e. The number of amides is 1. The van der Waals surface area contributed by atoms with Gasteiger partial charge in [-0.3, -0.25) is 4.79 Å². The highest BCUT2D eigenvalue weighted by atomic mass is 16.5. The quantitative estimate of drug-likeness (QED) is 0.795. The molecule has 1 heterocycles. The van der Waals surface area contributed by atoms with Gasteiger partial charge in [-0.15, -0.1) is 0 Å². The van der Waals surface area contributed by atoms with Gasteiger partial charge in [0.1, 0.15) is 11.5 Å². The molecule has 0 aromatic heterocycles. The molecule has 1 saturated heterocycles. The van der Waals surface area contributed by atoms with E-state index in [9.17, 15) is 4.79 Å². The van der Waals surface area contributed by atoms with Crippen molar-refractivity contribution in [1.82, 2.24) is 4.90 Å². The Kier molecular flexibility index (Phi) is 6.12. The van der Waals surface area contributed by atoms with Gasteiger partial charge in [0, 0.05) is 24.7 Å². The standard InChI is InChI=1S/C21H25NO4/c1-24-19-11-17(12-20(13-19)25-2)21(23)22-10-6-9-18(14-22)26-15-16-7-4-3-5-8-16/h3-5,7-8,11-13,18H,6,9-10,14-15H2,1-2H3. The largest absolute Gasteiger partial charge is 0.497 e. The highest BCUT2D eigenvalue weighted by Crippen LogP contribution is 2.25. The van der Waals surface area contributed by atoms with Crippen LogP contribution >= 0.6 is 0 Å². The van der Waals surface area contributed by atoms with Crippen LogP contribution in [0.25, 0.3) is 0 Å². The number of benzene rings is 2. The summed E-state index contributed by atoms with van der Waals surface area (Å²) in [4.78, 5) is 14.8. The zero-order chi connectivity index (χ0) is 18.4. The topological polar surface area (TPSA) is 48.0 Å². The van der Waals surface area contributed by atoms with E-state index in [2.05, 4.69) is 0 Å². The first-order chi connectivity index (χ1) is 12.7. The highest BCUT2D eigenvalue weighted by molar-refractivity contribution is 5.95. The van der Waals surface area contributed by atoms with Gasteiger partial charge in [-0.25, -0.2) is 0 Å². The molecule has 26 heavy (non-hydrogen) atoms. The molecule has 1 atom stereocenters. The molecule has 0 saturated carbocycles. The average Bonchev–Trinajstić information content (AvgIpc) is 2.72. The van der Waals surface area contributed by atoms with Crippen LogP contribution in [0.2, 0.25) is 0 Å². The molecular weight excluding hydrogens is 330 g/mol. The Morgan fingerprint density at radius 1 is 1.08 bits per heavy atom. The van der Waals surface area contributed by atoms with Crippen LogP contribution in [-0.2, 0) is 11.3 Å². The van der Waals surface area contributed by atoms with E-state index in [0.717, 1.165) is 24.9 Å². The summed E-state index contributed by atoms with van der Waals surface area (Å²) in [7, 11) is 3.16. The molecule has 1 amide bonds. The first-order valence-corrected chi connectivity index (χ1v) is 8.87.